The Morgan fingerprint density at radius 2 is 2.00 bits per heavy atom. The standard InChI is InChI=1S/C16H10FN3/c17-14-3-1-2-10-6-11(7-20-16(10)14)13-8-18-9-15-12(13)4-5-19-15/h1-9,19H. The summed E-state index contributed by atoms with van der Waals surface area (Å²) in [7, 11) is 0. The molecule has 1 N–H and O–H groups in total. The Balaban J connectivity index is 2.01. The second kappa shape index (κ2) is 4.13. The third-order valence-electron chi connectivity index (χ3n) is 3.45. The Kier molecular flexibility index (Phi) is 2.29. The Morgan fingerprint density at radius 1 is 1.05 bits per heavy atom. The average Bonchev–Trinajstić information content (AvgIpc) is 2.95. The van der Waals surface area contributed by atoms with Crippen molar-refractivity contribution in [1.29, 1.82) is 0 Å². The zero-order valence-corrected chi connectivity index (χ0v) is 10.5. The van der Waals surface area contributed by atoms with E-state index in [9.17, 15) is 4.39 Å². The lowest BCUT2D eigenvalue weighted by Crippen LogP contribution is -1.87. The van der Waals surface area contributed by atoms with E-state index in [2.05, 4.69) is 15.0 Å². The first-order chi connectivity index (χ1) is 9.83. The van der Waals surface area contributed by atoms with Gasteiger partial charge in [0.15, 0.2) is 0 Å². The minimum atomic E-state index is -0.299. The van der Waals surface area contributed by atoms with Crippen LogP contribution in [0.3, 0.4) is 0 Å². The van der Waals surface area contributed by atoms with Crippen molar-refractivity contribution in [2.75, 3.05) is 0 Å². The number of pyridine rings is 2. The Hall–Kier alpha value is -2.75. The Labute approximate surface area is 114 Å². The predicted octanol–water partition coefficient (Wildman–Crippen LogP) is 3.92. The van der Waals surface area contributed by atoms with Gasteiger partial charge in [0.2, 0.25) is 0 Å². The van der Waals surface area contributed by atoms with Gasteiger partial charge in [-0.1, -0.05) is 12.1 Å². The van der Waals surface area contributed by atoms with E-state index >= 15 is 0 Å². The molecule has 96 valence electrons. The summed E-state index contributed by atoms with van der Waals surface area (Å²) in [6, 6.07) is 8.91. The molecule has 4 heteroatoms. The van der Waals surface area contributed by atoms with E-state index in [4.69, 9.17) is 0 Å². The Morgan fingerprint density at radius 3 is 2.95 bits per heavy atom. The molecule has 0 saturated heterocycles. The lowest BCUT2D eigenvalue weighted by molar-refractivity contribution is 0.637. The number of aromatic amines is 1. The molecular weight excluding hydrogens is 253 g/mol. The van der Waals surface area contributed by atoms with Crippen LogP contribution in [-0.2, 0) is 0 Å². The molecule has 0 atom stereocenters. The summed E-state index contributed by atoms with van der Waals surface area (Å²) in [5, 5.41) is 1.87. The molecule has 4 aromatic rings. The van der Waals surface area contributed by atoms with Gasteiger partial charge in [-0.3, -0.25) is 9.97 Å². The summed E-state index contributed by atoms with van der Waals surface area (Å²) < 4.78 is 13.6. The second-order valence-electron chi connectivity index (χ2n) is 4.66. The third kappa shape index (κ3) is 1.58. The van der Waals surface area contributed by atoms with E-state index in [1.54, 1.807) is 24.7 Å². The largest absolute Gasteiger partial charge is 0.360 e. The number of para-hydroxylation sites is 1. The number of nitrogens with zero attached hydrogens (tertiary/aromatic N) is 2. The van der Waals surface area contributed by atoms with Crippen molar-refractivity contribution in [3.63, 3.8) is 0 Å². The summed E-state index contributed by atoms with van der Waals surface area (Å²) >= 11 is 0. The second-order valence-corrected chi connectivity index (χ2v) is 4.66. The van der Waals surface area contributed by atoms with Crippen LogP contribution in [0.1, 0.15) is 0 Å². The molecule has 20 heavy (non-hydrogen) atoms. The van der Waals surface area contributed by atoms with Crippen molar-refractivity contribution >= 4 is 21.8 Å². The van der Waals surface area contributed by atoms with Gasteiger partial charge in [0.1, 0.15) is 11.3 Å². The van der Waals surface area contributed by atoms with Crippen LogP contribution in [0.25, 0.3) is 32.9 Å². The van der Waals surface area contributed by atoms with Crippen LogP contribution < -0.4 is 0 Å². The van der Waals surface area contributed by atoms with Gasteiger partial charge in [0.05, 0.1) is 11.7 Å². The molecule has 3 heterocycles. The highest BCUT2D eigenvalue weighted by Crippen LogP contribution is 2.29. The molecule has 3 nitrogen and oxygen atoms in total. The molecule has 0 spiro atoms. The van der Waals surface area contributed by atoms with E-state index in [0.29, 0.717) is 5.52 Å². The molecule has 0 saturated carbocycles. The number of benzene rings is 1. The molecule has 0 bridgehead atoms. The molecule has 0 aliphatic heterocycles. The predicted molar refractivity (Wildman–Crippen MR) is 76.8 cm³/mol. The van der Waals surface area contributed by atoms with Gasteiger partial charge in [-0.05, 0) is 18.2 Å². The van der Waals surface area contributed by atoms with E-state index < -0.39 is 0 Å². The molecule has 3 aromatic heterocycles. The summed E-state index contributed by atoms with van der Waals surface area (Å²) in [6.07, 6.45) is 7.16. The first kappa shape index (κ1) is 11.1. The number of aromatic nitrogens is 3. The van der Waals surface area contributed by atoms with Crippen LogP contribution >= 0.6 is 0 Å². The van der Waals surface area contributed by atoms with E-state index in [1.165, 1.54) is 6.07 Å². The maximum Gasteiger partial charge on any atom is 0.149 e. The molecular formula is C16H10FN3. The molecule has 0 radical (unpaired) electrons. The van der Waals surface area contributed by atoms with Crippen LogP contribution in [0.4, 0.5) is 4.39 Å². The molecule has 4 rings (SSSR count). The number of nitrogens with one attached hydrogen (secondary N) is 1. The zero-order chi connectivity index (χ0) is 13.5. The van der Waals surface area contributed by atoms with Crippen molar-refractivity contribution < 1.29 is 4.39 Å². The summed E-state index contributed by atoms with van der Waals surface area (Å²) in [5.74, 6) is -0.299. The minimum Gasteiger partial charge on any atom is -0.360 e. The highest BCUT2D eigenvalue weighted by molar-refractivity contribution is 5.96. The lowest BCUT2D eigenvalue weighted by Gasteiger charge is -2.05. The monoisotopic (exact) mass is 263 g/mol. The molecule has 0 aliphatic carbocycles. The SMILES string of the molecule is Fc1cccc2cc(-c3cncc4[nH]ccc34)cnc12. The fourth-order valence-electron chi connectivity index (χ4n) is 2.48. The highest BCUT2D eigenvalue weighted by atomic mass is 19.1. The Bertz CT molecular complexity index is 927. The topological polar surface area (TPSA) is 41.6 Å². The van der Waals surface area contributed by atoms with Gasteiger partial charge >= 0.3 is 0 Å². The molecule has 0 unspecified atom stereocenters. The normalized spacial score (nSPS) is 11.2. The van der Waals surface area contributed by atoms with Crippen LogP contribution in [0.2, 0.25) is 0 Å². The molecule has 0 amide bonds. The fourth-order valence-corrected chi connectivity index (χ4v) is 2.48. The summed E-state index contributed by atoms with van der Waals surface area (Å²) in [4.78, 5) is 11.6. The van der Waals surface area contributed by atoms with E-state index in [0.717, 1.165) is 27.4 Å². The lowest BCUT2D eigenvalue weighted by atomic mass is 10.0. The summed E-state index contributed by atoms with van der Waals surface area (Å²) in [6.45, 7) is 0. The highest BCUT2D eigenvalue weighted by Gasteiger charge is 2.08. The third-order valence-corrected chi connectivity index (χ3v) is 3.45. The van der Waals surface area contributed by atoms with Crippen LogP contribution in [0.15, 0.2) is 55.1 Å². The van der Waals surface area contributed by atoms with Gasteiger partial charge in [0.25, 0.3) is 0 Å². The summed E-state index contributed by atoms with van der Waals surface area (Å²) in [5.41, 5.74) is 3.29. The zero-order valence-electron chi connectivity index (χ0n) is 10.5. The number of halogens is 1. The maximum atomic E-state index is 13.6. The molecule has 1 aromatic carbocycles. The van der Waals surface area contributed by atoms with Crippen LogP contribution in [0.5, 0.6) is 0 Å². The van der Waals surface area contributed by atoms with Crippen molar-refractivity contribution in [2.24, 2.45) is 0 Å². The van der Waals surface area contributed by atoms with Crippen molar-refractivity contribution in [2.45, 2.75) is 0 Å². The minimum absolute atomic E-state index is 0.299. The van der Waals surface area contributed by atoms with Crippen molar-refractivity contribution in [3.05, 3.63) is 60.9 Å². The van der Waals surface area contributed by atoms with Gasteiger partial charge in [-0.25, -0.2) is 4.39 Å². The number of rotatable bonds is 1. The van der Waals surface area contributed by atoms with Gasteiger partial charge < -0.3 is 4.98 Å². The van der Waals surface area contributed by atoms with Crippen LogP contribution in [-0.4, -0.2) is 15.0 Å². The molecule has 0 fully saturated rings. The maximum absolute atomic E-state index is 13.6. The number of hydrogen-bond acceptors (Lipinski definition) is 2. The molecule has 0 aliphatic rings. The number of fused-ring (bicyclic) bond motifs is 2. The van der Waals surface area contributed by atoms with Crippen molar-refractivity contribution in [3.8, 4) is 11.1 Å². The van der Waals surface area contributed by atoms with Gasteiger partial charge in [-0.2, -0.15) is 0 Å². The smallest absolute Gasteiger partial charge is 0.149 e. The average molecular weight is 263 g/mol. The van der Waals surface area contributed by atoms with E-state index in [-0.39, 0.29) is 5.82 Å². The number of H-pyrrole nitrogens is 1. The van der Waals surface area contributed by atoms with Crippen LogP contribution in [0, 0.1) is 5.82 Å². The van der Waals surface area contributed by atoms with Crippen molar-refractivity contribution in [1.82, 2.24) is 15.0 Å². The fraction of sp³-hybridized carbons (Fsp3) is 0. The number of hydrogen-bond donors (Lipinski definition) is 1. The van der Waals surface area contributed by atoms with Gasteiger partial charge in [-0.15, -0.1) is 0 Å². The van der Waals surface area contributed by atoms with E-state index in [1.807, 2.05) is 24.4 Å². The first-order valence-electron chi connectivity index (χ1n) is 6.29. The van der Waals surface area contributed by atoms with Gasteiger partial charge in [0, 0.05) is 40.5 Å². The quantitative estimate of drug-likeness (QED) is 0.565. The first-order valence-corrected chi connectivity index (χ1v) is 6.29.